The number of imide groups is 1. The Balaban J connectivity index is 1.36. The van der Waals surface area contributed by atoms with Crippen molar-refractivity contribution in [2.45, 2.75) is 0 Å². The SMILES string of the molecule is O=C(Nc1ccc2ccccc2c1)c1ccc(N2C(=O)c3nccnc3C2=O)cc1. The number of hydrogen-bond acceptors (Lipinski definition) is 5. The third-order valence-electron chi connectivity index (χ3n) is 4.90. The monoisotopic (exact) mass is 394 g/mol. The fourth-order valence-corrected chi connectivity index (χ4v) is 3.42. The maximum absolute atomic E-state index is 12.6. The zero-order valence-corrected chi connectivity index (χ0v) is 15.6. The van der Waals surface area contributed by atoms with E-state index in [1.54, 1.807) is 24.3 Å². The van der Waals surface area contributed by atoms with Crippen LogP contribution in [0.1, 0.15) is 31.3 Å². The van der Waals surface area contributed by atoms with Crippen molar-refractivity contribution in [3.63, 3.8) is 0 Å². The summed E-state index contributed by atoms with van der Waals surface area (Å²) in [6.45, 7) is 0. The number of anilines is 2. The van der Waals surface area contributed by atoms with Gasteiger partial charge in [0.1, 0.15) is 0 Å². The van der Waals surface area contributed by atoms with Gasteiger partial charge in [-0.3, -0.25) is 14.4 Å². The fraction of sp³-hybridized carbons (Fsp3) is 0. The van der Waals surface area contributed by atoms with E-state index in [0.717, 1.165) is 15.7 Å². The average molecular weight is 394 g/mol. The molecule has 0 atom stereocenters. The summed E-state index contributed by atoms with van der Waals surface area (Å²) in [7, 11) is 0. The molecule has 1 N–H and O–H groups in total. The first kappa shape index (κ1) is 17.7. The first-order valence-corrected chi connectivity index (χ1v) is 9.22. The van der Waals surface area contributed by atoms with Crippen LogP contribution in [0.3, 0.4) is 0 Å². The van der Waals surface area contributed by atoms with Gasteiger partial charge in [0.05, 0.1) is 5.69 Å². The van der Waals surface area contributed by atoms with E-state index in [9.17, 15) is 14.4 Å². The highest BCUT2D eigenvalue weighted by Gasteiger charge is 2.39. The van der Waals surface area contributed by atoms with Crippen LogP contribution in [0.2, 0.25) is 0 Å². The molecule has 0 unspecified atom stereocenters. The molecule has 0 spiro atoms. The fourth-order valence-electron chi connectivity index (χ4n) is 3.42. The molecule has 0 saturated heterocycles. The number of rotatable bonds is 3. The normalized spacial score (nSPS) is 12.9. The number of nitrogens with zero attached hydrogens (tertiary/aromatic N) is 3. The summed E-state index contributed by atoms with van der Waals surface area (Å²) in [5.41, 5.74) is 1.49. The molecule has 0 aliphatic carbocycles. The second kappa shape index (κ2) is 6.89. The van der Waals surface area contributed by atoms with Crippen LogP contribution in [-0.4, -0.2) is 27.7 Å². The molecule has 30 heavy (non-hydrogen) atoms. The number of hydrogen-bond donors (Lipinski definition) is 1. The number of carbonyl (C=O) groups is 3. The molecule has 1 aromatic heterocycles. The lowest BCUT2D eigenvalue weighted by Crippen LogP contribution is -2.29. The molecule has 3 amide bonds. The van der Waals surface area contributed by atoms with Crippen LogP contribution in [0.4, 0.5) is 11.4 Å². The van der Waals surface area contributed by atoms with Crippen LogP contribution in [0.25, 0.3) is 10.8 Å². The summed E-state index contributed by atoms with van der Waals surface area (Å²) in [5, 5.41) is 4.98. The van der Waals surface area contributed by atoms with E-state index in [-0.39, 0.29) is 17.3 Å². The molecule has 7 heteroatoms. The van der Waals surface area contributed by atoms with Crippen molar-refractivity contribution in [2.24, 2.45) is 0 Å². The minimum absolute atomic E-state index is 0.0284. The largest absolute Gasteiger partial charge is 0.322 e. The molecule has 1 aliphatic rings. The van der Waals surface area contributed by atoms with Crippen molar-refractivity contribution in [3.8, 4) is 0 Å². The maximum Gasteiger partial charge on any atom is 0.286 e. The molecule has 144 valence electrons. The Morgan fingerprint density at radius 2 is 1.40 bits per heavy atom. The summed E-state index contributed by atoms with van der Waals surface area (Å²) in [6.07, 6.45) is 2.74. The molecule has 1 aliphatic heterocycles. The molecule has 0 fully saturated rings. The van der Waals surface area contributed by atoms with Crippen molar-refractivity contribution in [3.05, 3.63) is 96.1 Å². The maximum atomic E-state index is 12.6. The quantitative estimate of drug-likeness (QED) is 0.535. The highest BCUT2D eigenvalue weighted by atomic mass is 16.2. The number of nitrogens with one attached hydrogen (secondary N) is 1. The molecule has 0 bridgehead atoms. The van der Waals surface area contributed by atoms with Crippen molar-refractivity contribution in [2.75, 3.05) is 10.2 Å². The second-order valence-electron chi connectivity index (χ2n) is 6.76. The van der Waals surface area contributed by atoms with Crippen molar-refractivity contribution >= 4 is 39.9 Å². The van der Waals surface area contributed by atoms with E-state index < -0.39 is 11.8 Å². The molecular weight excluding hydrogens is 380 g/mol. The van der Waals surface area contributed by atoms with Crippen LogP contribution in [0.15, 0.2) is 79.1 Å². The summed E-state index contributed by atoms with van der Waals surface area (Å²) in [6, 6.07) is 19.8. The standard InChI is InChI=1S/C23H14N4O3/c28-21(26-17-8-5-14-3-1-2-4-16(14)13-17)15-6-9-18(10-7-15)27-22(29)19-20(23(27)30)25-12-11-24-19/h1-13H,(H,26,28). The molecular formula is C23H14N4O3. The zero-order chi connectivity index (χ0) is 20.7. The summed E-state index contributed by atoms with van der Waals surface area (Å²) in [5.74, 6) is -1.35. The molecule has 5 rings (SSSR count). The smallest absolute Gasteiger partial charge is 0.286 e. The molecule has 2 heterocycles. The third-order valence-corrected chi connectivity index (χ3v) is 4.90. The van der Waals surface area contributed by atoms with Gasteiger partial charge in [-0.2, -0.15) is 0 Å². The Hall–Kier alpha value is -4.39. The predicted octanol–water partition coefficient (Wildman–Crippen LogP) is 3.68. The Morgan fingerprint density at radius 1 is 0.767 bits per heavy atom. The topological polar surface area (TPSA) is 92.3 Å². The van der Waals surface area contributed by atoms with E-state index in [0.29, 0.717) is 16.9 Å². The number of carbonyl (C=O) groups excluding carboxylic acids is 3. The van der Waals surface area contributed by atoms with E-state index in [1.165, 1.54) is 12.4 Å². The minimum Gasteiger partial charge on any atom is -0.322 e. The van der Waals surface area contributed by atoms with Gasteiger partial charge < -0.3 is 5.32 Å². The van der Waals surface area contributed by atoms with Gasteiger partial charge in [0.15, 0.2) is 11.4 Å². The van der Waals surface area contributed by atoms with Gasteiger partial charge in [-0.05, 0) is 47.2 Å². The van der Waals surface area contributed by atoms with Gasteiger partial charge in [-0.1, -0.05) is 30.3 Å². The van der Waals surface area contributed by atoms with Crippen LogP contribution in [-0.2, 0) is 0 Å². The van der Waals surface area contributed by atoms with Gasteiger partial charge in [0.2, 0.25) is 0 Å². The second-order valence-corrected chi connectivity index (χ2v) is 6.76. The first-order valence-electron chi connectivity index (χ1n) is 9.22. The van der Waals surface area contributed by atoms with Crippen LogP contribution in [0.5, 0.6) is 0 Å². The van der Waals surface area contributed by atoms with Crippen molar-refractivity contribution in [1.29, 1.82) is 0 Å². The first-order chi connectivity index (χ1) is 14.6. The number of amides is 3. The molecule has 3 aromatic carbocycles. The van der Waals surface area contributed by atoms with Crippen LogP contribution >= 0.6 is 0 Å². The lowest BCUT2D eigenvalue weighted by Gasteiger charge is -2.14. The van der Waals surface area contributed by atoms with Gasteiger partial charge in [0.25, 0.3) is 17.7 Å². The minimum atomic E-state index is -0.531. The Kier molecular flexibility index (Phi) is 4.07. The van der Waals surface area contributed by atoms with E-state index in [1.807, 2.05) is 42.5 Å². The Bertz CT molecular complexity index is 1300. The summed E-state index contributed by atoms with van der Waals surface area (Å²) >= 11 is 0. The lowest BCUT2D eigenvalue weighted by molar-refractivity contribution is 0.0922. The number of aromatic nitrogens is 2. The third kappa shape index (κ3) is 2.89. The number of benzene rings is 3. The van der Waals surface area contributed by atoms with Gasteiger partial charge in [-0.15, -0.1) is 0 Å². The highest BCUT2D eigenvalue weighted by Crippen LogP contribution is 2.26. The molecule has 0 radical (unpaired) electrons. The molecule has 0 saturated carbocycles. The van der Waals surface area contributed by atoms with Crippen molar-refractivity contribution in [1.82, 2.24) is 9.97 Å². The van der Waals surface area contributed by atoms with Crippen molar-refractivity contribution < 1.29 is 14.4 Å². The summed E-state index contributed by atoms with van der Waals surface area (Å²) < 4.78 is 0. The number of fused-ring (bicyclic) bond motifs is 2. The van der Waals surface area contributed by atoms with Crippen LogP contribution < -0.4 is 10.2 Å². The van der Waals surface area contributed by atoms with Gasteiger partial charge in [-0.25, -0.2) is 14.9 Å². The lowest BCUT2D eigenvalue weighted by atomic mass is 10.1. The zero-order valence-electron chi connectivity index (χ0n) is 15.6. The molecule has 4 aromatic rings. The van der Waals surface area contributed by atoms with E-state index in [2.05, 4.69) is 15.3 Å². The van der Waals surface area contributed by atoms with Gasteiger partial charge in [0, 0.05) is 23.6 Å². The van der Waals surface area contributed by atoms with E-state index in [4.69, 9.17) is 0 Å². The average Bonchev–Trinajstić information content (AvgIpc) is 3.04. The summed E-state index contributed by atoms with van der Waals surface area (Å²) in [4.78, 5) is 46.5. The predicted molar refractivity (Wildman–Crippen MR) is 112 cm³/mol. The van der Waals surface area contributed by atoms with Gasteiger partial charge >= 0.3 is 0 Å². The Labute approximate surface area is 171 Å². The van der Waals surface area contributed by atoms with Crippen LogP contribution in [0, 0.1) is 0 Å². The Morgan fingerprint density at radius 3 is 2.07 bits per heavy atom. The highest BCUT2D eigenvalue weighted by molar-refractivity contribution is 6.33. The van der Waals surface area contributed by atoms with E-state index >= 15 is 0 Å². The molecule has 7 nitrogen and oxygen atoms in total.